The molecular formula is C20H23ClN2O3. The van der Waals surface area contributed by atoms with E-state index < -0.39 is 0 Å². The van der Waals surface area contributed by atoms with Crippen molar-refractivity contribution in [3.05, 3.63) is 59.1 Å². The fourth-order valence-electron chi connectivity index (χ4n) is 2.59. The van der Waals surface area contributed by atoms with Gasteiger partial charge >= 0.3 is 0 Å². The van der Waals surface area contributed by atoms with E-state index in [4.69, 9.17) is 16.3 Å². The zero-order chi connectivity index (χ0) is 18.9. The number of carbonyl (C=O) groups is 2. The molecule has 1 N–H and O–H groups in total. The number of hydrogen-bond acceptors (Lipinski definition) is 3. The van der Waals surface area contributed by atoms with E-state index in [1.54, 1.807) is 23.1 Å². The van der Waals surface area contributed by atoms with E-state index >= 15 is 0 Å². The second-order valence-corrected chi connectivity index (χ2v) is 6.23. The highest BCUT2D eigenvalue weighted by Crippen LogP contribution is 2.29. The van der Waals surface area contributed by atoms with Crippen LogP contribution in [0.5, 0.6) is 5.75 Å². The summed E-state index contributed by atoms with van der Waals surface area (Å²) in [5.41, 5.74) is 1.79. The van der Waals surface area contributed by atoms with E-state index in [1.807, 2.05) is 30.3 Å². The molecule has 5 nitrogen and oxygen atoms in total. The molecule has 2 rings (SSSR count). The van der Waals surface area contributed by atoms with Crippen LogP contribution in [0.25, 0.3) is 0 Å². The van der Waals surface area contributed by atoms with Crippen LogP contribution in [0.15, 0.2) is 48.5 Å². The lowest BCUT2D eigenvalue weighted by Gasteiger charge is -2.22. The topological polar surface area (TPSA) is 58.6 Å². The Morgan fingerprint density at radius 1 is 1.15 bits per heavy atom. The number of carbonyl (C=O) groups excluding carboxylic acids is 2. The molecule has 0 aliphatic rings. The Balaban J connectivity index is 1.85. The van der Waals surface area contributed by atoms with Crippen molar-refractivity contribution in [2.75, 3.05) is 25.1 Å². The summed E-state index contributed by atoms with van der Waals surface area (Å²) in [6.07, 6.45) is 1.11. The van der Waals surface area contributed by atoms with Gasteiger partial charge in [-0.2, -0.15) is 0 Å². The first-order chi connectivity index (χ1) is 12.5. The van der Waals surface area contributed by atoms with Crippen molar-refractivity contribution in [1.29, 1.82) is 0 Å². The quantitative estimate of drug-likeness (QED) is 0.769. The van der Waals surface area contributed by atoms with Crippen molar-refractivity contribution >= 4 is 29.1 Å². The van der Waals surface area contributed by atoms with Gasteiger partial charge in [0.2, 0.25) is 11.8 Å². The molecule has 0 aromatic heterocycles. The lowest BCUT2D eigenvalue weighted by molar-refractivity contribution is -0.121. The van der Waals surface area contributed by atoms with Gasteiger partial charge in [-0.25, -0.2) is 0 Å². The first kappa shape index (κ1) is 19.8. The number of aryl methyl sites for hydroxylation is 1. The molecule has 0 saturated carbocycles. The highest BCUT2D eigenvalue weighted by Gasteiger charge is 2.14. The van der Waals surface area contributed by atoms with E-state index in [1.165, 1.54) is 14.0 Å². The molecule has 6 heteroatoms. The van der Waals surface area contributed by atoms with Gasteiger partial charge < -0.3 is 15.0 Å². The molecule has 0 aliphatic heterocycles. The van der Waals surface area contributed by atoms with Crippen molar-refractivity contribution in [3.63, 3.8) is 0 Å². The van der Waals surface area contributed by atoms with Crippen LogP contribution in [0, 0.1) is 0 Å². The maximum absolute atomic E-state index is 12.0. The van der Waals surface area contributed by atoms with E-state index in [0.717, 1.165) is 5.56 Å². The minimum Gasteiger partial charge on any atom is -0.495 e. The van der Waals surface area contributed by atoms with Gasteiger partial charge in [0.15, 0.2) is 0 Å². The summed E-state index contributed by atoms with van der Waals surface area (Å²) in [4.78, 5) is 25.5. The monoisotopic (exact) mass is 374 g/mol. The number of halogens is 1. The Labute approximate surface area is 158 Å². The largest absolute Gasteiger partial charge is 0.495 e. The molecule has 0 fully saturated rings. The van der Waals surface area contributed by atoms with E-state index in [2.05, 4.69) is 5.32 Å². The van der Waals surface area contributed by atoms with Gasteiger partial charge in [-0.15, -0.1) is 0 Å². The Morgan fingerprint density at radius 2 is 1.88 bits per heavy atom. The maximum atomic E-state index is 12.0. The lowest BCUT2D eigenvalue weighted by Crippen LogP contribution is -2.37. The number of methoxy groups -OCH3 is 1. The van der Waals surface area contributed by atoms with Crippen LogP contribution < -0.4 is 15.0 Å². The zero-order valence-corrected chi connectivity index (χ0v) is 15.8. The molecular weight excluding hydrogens is 352 g/mol. The van der Waals surface area contributed by atoms with Gasteiger partial charge in [-0.1, -0.05) is 41.9 Å². The summed E-state index contributed by atoms with van der Waals surface area (Å²) in [7, 11) is 1.54. The standard InChI is InChI=1S/C20H23ClN2O3/c1-15(24)23(17-9-10-19(26-2)18(21)14-17)13-12-22-20(25)11-8-16-6-4-3-5-7-16/h3-7,9-10,14H,8,11-13H2,1-2H3,(H,22,25). The van der Waals surface area contributed by atoms with Crippen molar-refractivity contribution in [2.45, 2.75) is 19.8 Å². The van der Waals surface area contributed by atoms with Gasteiger partial charge in [-0.05, 0) is 30.2 Å². The Bertz CT molecular complexity index is 750. The molecule has 0 heterocycles. The third-order valence-electron chi connectivity index (χ3n) is 3.97. The van der Waals surface area contributed by atoms with Gasteiger partial charge in [0.1, 0.15) is 5.75 Å². The van der Waals surface area contributed by atoms with Gasteiger partial charge in [-0.3, -0.25) is 9.59 Å². The predicted octanol–water partition coefficient (Wildman–Crippen LogP) is 3.45. The Kier molecular flexibility index (Phi) is 7.48. The Morgan fingerprint density at radius 3 is 2.50 bits per heavy atom. The summed E-state index contributed by atoms with van der Waals surface area (Å²) < 4.78 is 5.12. The molecule has 2 aromatic carbocycles. The van der Waals surface area contributed by atoms with Crippen LogP contribution in [0.4, 0.5) is 5.69 Å². The maximum Gasteiger partial charge on any atom is 0.223 e. The summed E-state index contributed by atoms with van der Waals surface area (Å²) >= 11 is 6.13. The van der Waals surface area contributed by atoms with Crippen LogP contribution >= 0.6 is 11.6 Å². The van der Waals surface area contributed by atoms with Crippen LogP contribution in [0.3, 0.4) is 0 Å². The van der Waals surface area contributed by atoms with E-state index in [0.29, 0.717) is 42.4 Å². The molecule has 138 valence electrons. The second kappa shape index (κ2) is 9.82. The van der Waals surface area contributed by atoms with E-state index in [-0.39, 0.29) is 11.8 Å². The van der Waals surface area contributed by atoms with Crippen molar-refractivity contribution in [2.24, 2.45) is 0 Å². The molecule has 0 atom stereocenters. The molecule has 0 saturated heterocycles. The number of benzene rings is 2. The summed E-state index contributed by atoms with van der Waals surface area (Å²) in [6, 6.07) is 15.0. The molecule has 2 aromatic rings. The third kappa shape index (κ3) is 5.77. The highest BCUT2D eigenvalue weighted by atomic mass is 35.5. The fraction of sp³-hybridized carbons (Fsp3) is 0.300. The molecule has 0 radical (unpaired) electrons. The van der Waals surface area contributed by atoms with Crippen molar-refractivity contribution in [3.8, 4) is 5.75 Å². The normalized spacial score (nSPS) is 10.3. The number of rotatable bonds is 8. The average molecular weight is 375 g/mol. The average Bonchev–Trinajstić information content (AvgIpc) is 2.64. The number of amides is 2. The summed E-state index contributed by atoms with van der Waals surface area (Å²) in [5.74, 6) is 0.392. The SMILES string of the molecule is COc1ccc(N(CCNC(=O)CCc2ccccc2)C(C)=O)cc1Cl. The van der Waals surface area contributed by atoms with E-state index in [9.17, 15) is 9.59 Å². The van der Waals surface area contributed by atoms with Crippen LogP contribution in [-0.2, 0) is 16.0 Å². The lowest BCUT2D eigenvalue weighted by atomic mass is 10.1. The van der Waals surface area contributed by atoms with Crippen LogP contribution in [-0.4, -0.2) is 32.0 Å². The minimum absolute atomic E-state index is 0.0369. The second-order valence-electron chi connectivity index (χ2n) is 5.83. The number of anilines is 1. The van der Waals surface area contributed by atoms with Gasteiger partial charge in [0.05, 0.1) is 12.1 Å². The predicted molar refractivity (Wildman–Crippen MR) is 104 cm³/mol. The highest BCUT2D eigenvalue weighted by molar-refractivity contribution is 6.32. The minimum atomic E-state index is -0.121. The fourth-order valence-corrected chi connectivity index (χ4v) is 2.84. The van der Waals surface area contributed by atoms with Crippen LogP contribution in [0.1, 0.15) is 18.9 Å². The summed E-state index contributed by atoms with van der Waals surface area (Å²) in [6.45, 7) is 2.22. The zero-order valence-electron chi connectivity index (χ0n) is 15.0. The Hall–Kier alpha value is -2.53. The molecule has 0 unspecified atom stereocenters. The number of ether oxygens (including phenoxy) is 1. The number of nitrogens with one attached hydrogen (secondary N) is 1. The number of nitrogens with zero attached hydrogens (tertiary/aromatic N) is 1. The molecule has 2 amide bonds. The van der Waals surface area contributed by atoms with Crippen molar-refractivity contribution < 1.29 is 14.3 Å². The van der Waals surface area contributed by atoms with Gasteiger partial charge in [0.25, 0.3) is 0 Å². The molecule has 0 spiro atoms. The van der Waals surface area contributed by atoms with Crippen molar-refractivity contribution in [1.82, 2.24) is 5.32 Å². The van der Waals surface area contributed by atoms with Crippen LogP contribution in [0.2, 0.25) is 5.02 Å². The van der Waals surface area contributed by atoms with Gasteiger partial charge in [0, 0.05) is 32.1 Å². The third-order valence-corrected chi connectivity index (χ3v) is 4.26. The molecule has 0 aliphatic carbocycles. The number of hydrogen-bond donors (Lipinski definition) is 1. The molecule has 0 bridgehead atoms. The molecule has 26 heavy (non-hydrogen) atoms. The summed E-state index contributed by atoms with van der Waals surface area (Å²) in [5, 5.41) is 3.29. The first-order valence-electron chi connectivity index (χ1n) is 8.43. The first-order valence-corrected chi connectivity index (χ1v) is 8.81. The smallest absolute Gasteiger partial charge is 0.223 e.